The first-order valence-electron chi connectivity index (χ1n) is 13.6. The second-order valence-corrected chi connectivity index (χ2v) is 10.8. The van der Waals surface area contributed by atoms with Crippen LogP contribution in [0.2, 0.25) is 0 Å². The number of benzene rings is 2. The van der Waals surface area contributed by atoms with Gasteiger partial charge in [-0.25, -0.2) is 22.0 Å². The first-order chi connectivity index (χ1) is 18.8. The van der Waals surface area contributed by atoms with Crippen LogP contribution in [0.3, 0.4) is 0 Å². The van der Waals surface area contributed by atoms with Crippen molar-refractivity contribution in [1.82, 2.24) is 0 Å². The fourth-order valence-corrected chi connectivity index (χ4v) is 5.92. The SMILES string of the molecule is CCCC1CCC(c2cc(F)c(C(F)(F)OC3CCC(C(F)(F)Oc4cc(F)c(F)c(F)c4)CC3)c(F)c2)CC1. The van der Waals surface area contributed by atoms with E-state index in [0.29, 0.717) is 11.5 Å². The van der Waals surface area contributed by atoms with Crippen LogP contribution in [-0.4, -0.2) is 12.2 Å². The van der Waals surface area contributed by atoms with Gasteiger partial charge in [0, 0.05) is 12.1 Å². The van der Waals surface area contributed by atoms with Crippen molar-refractivity contribution in [3.8, 4) is 5.75 Å². The maximum absolute atomic E-state index is 14.9. The molecule has 0 heterocycles. The second kappa shape index (κ2) is 12.2. The molecule has 0 aromatic heterocycles. The van der Waals surface area contributed by atoms with Crippen LogP contribution in [0.5, 0.6) is 5.75 Å². The number of alkyl halides is 4. The van der Waals surface area contributed by atoms with Gasteiger partial charge < -0.3 is 9.47 Å². The molecule has 2 aromatic rings. The van der Waals surface area contributed by atoms with Gasteiger partial charge in [0.15, 0.2) is 17.5 Å². The number of hydrogen-bond acceptors (Lipinski definition) is 2. The van der Waals surface area contributed by atoms with Gasteiger partial charge in [0.05, 0.1) is 12.0 Å². The molecule has 0 N–H and O–H groups in total. The molecule has 0 spiro atoms. The van der Waals surface area contributed by atoms with Crippen molar-refractivity contribution in [2.45, 2.75) is 95.4 Å². The summed E-state index contributed by atoms with van der Waals surface area (Å²) in [5.74, 6) is -10.1. The molecule has 0 radical (unpaired) electrons. The lowest BCUT2D eigenvalue weighted by Gasteiger charge is -2.34. The van der Waals surface area contributed by atoms with Crippen LogP contribution in [0.1, 0.15) is 88.2 Å². The molecule has 0 amide bonds. The van der Waals surface area contributed by atoms with Gasteiger partial charge in [0.1, 0.15) is 22.9 Å². The number of rotatable bonds is 9. The highest BCUT2D eigenvalue weighted by atomic mass is 19.3. The Morgan fingerprint density at radius 2 is 1.27 bits per heavy atom. The van der Waals surface area contributed by atoms with E-state index < -0.39 is 64.6 Å². The average molecular weight is 583 g/mol. The zero-order valence-electron chi connectivity index (χ0n) is 21.9. The van der Waals surface area contributed by atoms with Crippen molar-refractivity contribution < 1.29 is 49.0 Å². The fraction of sp³-hybridized carbons (Fsp3) is 0.586. The molecule has 11 heteroatoms. The van der Waals surface area contributed by atoms with Crippen molar-refractivity contribution in [2.24, 2.45) is 11.8 Å². The molecule has 0 bridgehead atoms. The highest BCUT2D eigenvalue weighted by molar-refractivity contribution is 5.31. The lowest BCUT2D eigenvalue weighted by molar-refractivity contribution is -0.287. The molecule has 2 saturated carbocycles. The van der Waals surface area contributed by atoms with Gasteiger partial charge in [-0.2, -0.15) is 17.6 Å². The zero-order valence-corrected chi connectivity index (χ0v) is 21.9. The largest absolute Gasteiger partial charge is 0.432 e. The van der Waals surface area contributed by atoms with Gasteiger partial charge >= 0.3 is 12.2 Å². The molecule has 222 valence electrons. The predicted octanol–water partition coefficient (Wildman–Crippen LogP) is 9.75. The summed E-state index contributed by atoms with van der Waals surface area (Å²) < 4.78 is 138. The van der Waals surface area contributed by atoms with Crippen LogP contribution in [0.15, 0.2) is 24.3 Å². The molecule has 2 nitrogen and oxygen atoms in total. The van der Waals surface area contributed by atoms with Crippen LogP contribution in [0, 0.1) is 40.9 Å². The van der Waals surface area contributed by atoms with E-state index in [1.165, 1.54) is 0 Å². The third kappa shape index (κ3) is 6.89. The van der Waals surface area contributed by atoms with Crippen LogP contribution in [0.25, 0.3) is 0 Å². The molecular weight excluding hydrogens is 551 g/mol. The fourth-order valence-electron chi connectivity index (χ4n) is 5.92. The Morgan fingerprint density at radius 3 is 1.80 bits per heavy atom. The van der Waals surface area contributed by atoms with Gasteiger partial charge in [-0.05, 0) is 80.9 Å². The summed E-state index contributed by atoms with van der Waals surface area (Å²) in [6, 6.07) is 2.40. The van der Waals surface area contributed by atoms with Gasteiger partial charge in [-0.15, -0.1) is 0 Å². The average Bonchev–Trinajstić information content (AvgIpc) is 2.87. The molecule has 2 aliphatic rings. The molecule has 2 aliphatic carbocycles. The second-order valence-electron chi connectivity index (χ2n) is 10.8. The van der Waals surface area contributed by atoms with Gasteiger partial charge in [-0.3, -0.25) is 0 Å². The van der Waals surface area contributed by atoms with E-state index in [4.69, 9.17) is 4.74 Å². The van der Waals surface area contributed by atoms with Crippen LogP contribution < -0.4 is 4.74 Å². The Hall–Kier alpha value is -2.43. The van der Waals surface area contributed by atoms with Crippen molar-refractivity contribution in [3.63, 3.8) is 0 Å². The van der Waals surface area contributed by atoms with Crippen molar-refractivity contribution in [2.75, 3.05) is 0 Å². The minimum atomic E-state index is -4.34. The molecule has 0 unspecified atom stereocenters. The molecule has 2 fully saturated rings. The van der Waals surface area contributed by atoms with E-state index in [2.05, 4.69) is 11.7 Å². The van der Waals surface area contributed by atoms with E-state index in [0.717, 1.165) is 50.7 Å². The summed E-state index contributed by atoms with van der Waals surface area (Å²) >= 11 is 0. The van der Waals surface area contributed by atoms with Crippen LogP contribution in [-0.2, 0) is 10.8 Å². The Bertz CT molecular complexity index is 1120. The van der Waals surface area contributed by atoms with E-state index >= 15 is 0 Å². The third-order valence-electron chi connectivity index (χ3n) is 8.05. The Morgan fingerprint density at radius 1 is 0.725 bits per heavy atom. The summed E-state index contributed by atoms with van der Waals surface area (Å²) in [6.45, 7) is 2.09. The molecule has 0 aliphatic heterocycles. The quantitative estimate of drug-likeness (QED) is 0.217. The van der Waals surface area contributed by atoms with Crippen molar-refractivity contribution in [1.29, 1.82) is 0 Å². The van der Waals surface area contributed by atoms with Crippen molar-refractivity contribution in [3.05, 3.63) is 64.5 Å². The summed E-state index contributed by atoms with van der Waals surface area (Å²) in [4.78, 5) is 0. The normalized spacial score (nSPS) is 24.2. The minimum absolute atomic E-state index is 0.122. The Balaban J connectivity index is 1.36. The van der Waals surface area contributed by atoms with Crippen LogP contribution in [0.4, 0.5) is 39.5 Å². The maximum atomic E-state index is 14.9. The first-order valence-corrected chi connectivity index (χ1v) is 13.6. The minimum Gasteiger partial charge on any atom is -0.432 e. The predicted molar refractivity (Wildman–Crippen MR) is 129 cm³/mol. The van der Waals surface area contributed by atoms with Crippen LogP contribution >= 0.6 is 0 Å². The lowest BCUT2D eigenvalue weighted by atomic mass is 9.77. The highest BCUT2D eigenvalue weighted by Gasteiger charge is 2.47. The monoisotopic (exact) mass is 582 g/mol. The number of hydrogen-bond donors (Lipinski definition) is 0. The summed E-state index contributed by atoms with van der Waals surface area (Å²) in [7, 11) is 0. The van der Waals surface area contributed by atoms with Gasteiger partial charge in [-0.1, -0.05) is 19.8 Å². The number of ether oxygens (including phenoxy) is 2. The topological polar surface area (TPSA) is 18.5 Å². The standard InChI is InChI=1S/C29H31F9O2/c1-2-3-16-4-6-17(7-5-16)18-12-22(30)26(23(31)13-18)29(37,38)39-20-10-8-19(9-11-20)28(35,36)40-21-14-24(32)27(34)25(33)15-21/h12-17,19-20H,2-11H2,1H3. The van der Waals surface area contributed by atoms with E-state index in [9.17, 15) is 39.5 Å². The zero-order chi connectivity index (χ0) is 29.2. The molecule has 0 atom stereocenters. The Kier molecular flexibility index (Phi) is 9.31. The van der Waals surface area contributed by atoms with Gasteiger partial charge in [0.25, 0.3) is 0 Å². The molecule has 0 saturated heterocycles. The Labute approximate surface area is 226 Å². The highest BCUT2D eigenvalue weighted by Crippen LogP contribution is 2.44. The smallest absolute Gasteiger partial charge is 0.400 e. The summed E-state index contributed by atoms with van der Waals surface area (Å²) in [6.07, 6.45) is -5.57. The lowest BCUT2D eigenvalue weighted by Crippen LogP contribution is -2.39. The molecular formula is C29H31F9O2. The van der Waals surface area contributed by atoms with E-state index in [-0.39, 0.29) is 43.7 Å². The van der Waals surface area contributed by atoms with E-state index in [1.807, 2.05) is 0 Å². The summed E-state index contributed by atoms with van der Waals surface area (Å²) in [5.41, 5.74) is -1.19. The number of halogens is 9. The summed E-state index contributed by atoms with van der Waals surface area (Å²) in [5, 5.41) is 0. The van der Waals surface area contributed by atoms with E-state index in [1.54, 1.807) is 0 Å². The van der Waals surface area contributed by atoms with Crippen molar-refractivity contribution >= 4 is 0 Å². The molecule has 2 aromatic carbocycles. The van der Waals surface area contributed by atoms with Gasteiger partial charge in [0.2, 0.25) is 0 Å². The third-order valence-corrected chi connectivity index (χ3v) is 8.05. The molecule has 40 heavy (non-hydrogen) atoms. The maximum Gasteiger partial charge on any atom is 0.400 e. The first kappa shape index (κ1) is 30.5. The molecule has 4 rings (SSSR count).